The lowest BCUT2D eigenvalue weighted by molar-refractivity contribution is -0.0619. The number of imidazole rings is 2. The first-order valence-electron chi connectivity index (χ1n) is 13.2. The van der Waals surface area contributed by atoms with Crippen molar-refractivity contribution in [3.63, 3.8) is 0 Å². The summed E-state index contributed by atoms with van der Waals surface area (Å²) in [5.74, 6) is -0.162. The van der Waals surface area contributed by atoms with Gasteiger partial charge in [-0.1, -0.05) is 0 Å². The van der Waals surface area contributed by atoms with Crippen molar-refractivity contribution in [2.24, 2.45) is 0 Å². The molecule has 45 heavy (non-hydrogen) atoms. The number of aromatic nitrogens is 8. The van der Waals surface area contributed by atoms with Crippen molar-refractivity contribution < 1.29 is 51.1 Å². The molecule has 242 valence electrons. The predicted octanol–water partition coefficient (Wildman–Crippen LogP) is -0.293. The van der Waals surface area contributed by atoms with E-state index in [9.17, 15) is 23.7 Å². The van der Waals surface area contributed by atoms with E-state index < -0.39 is 83.6 Å². The minimum atomic E-state index is -5.07. The van der Waals surface area contributed by atoms with E-state index >= 15 is 4.39 Å². The van der Waals surface area contributed by atoms with E-state index in [0.29, 0.717) is 11.2 Å². The summed E-state index contributed by atoms with van der Waals surface area (Å²) in [6.07, 6.45) is -7.19. The molecule has 24 heteroatoms. The highest BCUT2D eigenvalue weighted by Gasteiger charge is 2.52. The molecular formula is C21H25FN10O11P2. The van der Waals surface area contributed by atoms with Crippen molar-refractivity contribution in [2.75, 3.05) is 31.0 Å². The molecule has 7 rings (SSSR count). The maximum atomic E-state index is 15.8. The van der Waals surface area contributed by atoms with Gasteiger partial charge in [0, 0.05) is 6.42 Å². The third-order valence-electron chi connectivity index (χ3n) is 7.42. The number of halogens is 1. The Bertz CT molecular complexity index is 1920. The van der Waals surface area contributed by atoms with Gasteiger partial charge in [0.25, 0.3) is 5.56 Å². The Labute approximate surface area is 249 Å². The molecular weight excluding hydrogens is 649 g/mol. The van der Waals surface area contributed by atoms with Gasteiger partial charge in [0.05, 0.1) is 32.0 Å². The van der Waals surface area contributed by atoms with Gasteiger partial charge < -0.3 is 40.0 Å². The van der Waals surface area contributed by atoms with Gasteiger partial charge in [-0.2, -0.15) is 4.98 Å². The van der Waals surface area contributed by atoms with Crippen molar-refractivity contribution in [1.29, 1.82) is 0 Å². The smallest absolute Gasteiger partial charge is 0.382 e. The van der Waals surface area contributed by atoms with E-state index in [1.165, 1.54) is 17.2 Å². The average Bonchev–Trinajstić information content (AvgIpc) is 3.75. The normalized spacial score (nSPS) is 36.3. The molecule has 9 atom stereocenters. The monoisotopic (exact) mass is 674 g/mol. The summed E-state index contributed by atoms with van der Waals surface area (Å²) in [4.78, 5) is 55.9. The van der Waals surface area contributed by atoms with Gasteiger partial charge >= 0.3 is 15.4 Å². The van der Waals surface area contributed by atoms with Crippen molar-refractivity contribution in [3.8, 4) is 0 Å². The summed E-state index contributed by atoms with van der Waals surface area (Å²) >= 11 is 0. The Morgan fingerprint density at radius 3 is 2.53 bits per heavy atom. The van der Waals surface area contributed by atoms with Crippen LogP contribution in [0.25, 0.3) is 22.3 Å². The molecule has 7 heterocycles. The number of nitrogens with zero attached hydrogens (tertiary/aromatic N) is 7. The molecule has 3 saturated heterocycles. The lowest BCUT2D eigenvalue weighted by Gasteiger charge is -2.25. The topological polar surface area (TPSA) is 289 Å². The molecule has 3 aliphatic heterocycles. The van der Waals surface area contributed by atoms with Crippen LogP contribution in [0.4, 0.5) is 16.2 Å². The molecule has 4 aromatic rings. The van der Waals surface area contributed by atoms with Crippen LogP contribution < -0.4 is 17.0 Å². The van der Waals surface area contributed by atoms with E-state index in [2.05, 4.69) is 29.9 Å². The lowest BCUT2D eigenvalue weighted by Crippen LogP contribution is -2.34. The van der Waals surface area contributed by atoms with Crippen LogP contribution in [0, 0.1) is 0 Å². The maximum absolute atomic E-state index is 15.8. The number of phosphoric acid groups is 1. The van der Waals surface area contributed by atoms with Gasteiger partial charge in [-0.15, -0.1) is 0 Å². The van der Waals surface area contributed by atoms with Gasteiger partial charge in [-0.05, 0) is 0 Å². The van der Waals surface area contributed by atoms with Crippen LogP contribution >= 0.6 is 15.4 Å². The molecule has 0 amide bonds. The number of hydrogen-bond donors (Lipinski definition) is 5. The zero-order valence-electron chi connectivity index (χ0n) is 22.7. The zero-order chi connectivity index (χ0) is 31.7. The molecule has 3 aliphatic rings. The molecule has 4 aromatic heterocycles. The number of ether oxygens (including phenoxy) is 3. The van der Waals surface area contributed by atoms with E-state index in [1.807, 2.05) is 0 Å². The van der Waals surface area contributed by atoms with Crippen LogP contribution in [-0.2, 0) is 36.9 Å². The lowest BCUT2D eigenvalue weighted by atomic mass is 10.1. The fourth-order valence-corrected chi connectivity index (χ4v) is 7.10. The number of H-pyrrole nitrogens is 1. The Hall–Kier alpha value is -3.43. The molecule has 0 aliphatic carbocycles. The summed E-state index contributed by atoms with van der Waals surface area (Å²) in [7, 11) is -9.58. The van der Waals surface area contributed by atoms with Crippen molar-refractivity contribution in [3.05, 3.63) is 29.3 Å². The summed E-state index contributed by atoms with van der Waals surface area (Å²) in [5.41, 5.74) is 11.1. The highest BCUT2D eigenvalue weighted by Crippen LogP contribution is 2.52. The van der Waals surface area contributed by atoms with E-state index in [-0.39, 0.29) is 29.4 Å². The maximum Gasteiger partial charge on any atom is 0.472 e. The number of nitrogens with two attached hydrogens (primary N) is 2. The minimum Gasteiger partial charge on any atom is -0.382 e. The van der Waals surface area contributed by atoms with Crippen LogP contribution in [-0.4, -0.2) is 99.0 Å². The molecule has 7 N–H and O–H groups in total. The molecule has 0 saturated carbocycles. The van der Waals surface area contributed by atoms with Crippen LogP contribution in [0.5, 0.6) is 0 Å². The number of anilines is 2. The van der Waals surface area contributed by atoms with Crippen LogP contribution in [0.1, 0.15) is 18.9 Å². The number of nitrogens with one attached hydrogen (secondary N) is 1. The molecule has 0 aromatic carbocycles. The number of nitrogen functional groups attached to an aromatic ring is 2. The highest BCUT2D eigenvalue weighted by molar-refractivity contribution is 7.52. The molecule has 5 unspecified atom stereocenters. The number of hydrogen-bond acceptors (Lipinski definition) is 16. The fourth-order valence-electron chi connectivity index (χ4n) is 5.34. The summed E-state index contributed by atoms with van der Waals surface area (Å²) < 4.78 is 77.4. The largest absolute Gasteiger partial charge is 0.472 e. The Morgan fingerprint density at radius 2 is 1.71 bits per heavy atom. The van der Waals surface area contributed by atoms with E-state index in [1.54, 1.807) is 0 Å². The first kappa shape index (κ1) is 30.2. The first-order chi connectivity index (χ1) is 21.4. The number of aromatic amines is 1. The van der Waals surface area contributed by atoms with Crippen molar-refractivity contribution in [1.82, 2.24) is 39.0 Å². The number of fused-ring (bicyclic) bond motifs is 5. The summed E-state index contributed by atoms with van der Waals surface area (Å²) in [5, 5.41) is 0. The number of phosphoric ester groups is 1. The van der Waals surface area contributed by atoms with Gasteiger partial charge in [-0.3, -0.25) is 32.5 Å². The summed E-state index contributed by atoms with van der Waals surface area (Å²) in [6, 6.07) is 0. The van der Waals surface area contributed by atoms with Crippen LogP contribution in [0.3, 0.4) is 0 Å². The van der Waals surface area contributed by atoms with Crippen LogP contribution in [0.15, 0.2) is 23.8 Å². The van der Waals surface area contributed by atoms with E-state index in [4.69, 9.17) is 39.2 Å². The SMILES string of the molecule is Nc1nc2c(ncn2[C@@H]2O[C@@H]3COP(=O)(O)COC4C[C@H](n5cnc6c(N)ncnc65)O[C@@H]4COP(=O)(O)OC2C3F)c(=O)[nH]1. The fraction of sp³-hybridized carbons (Fsp3) is 0.524. The highest BCUT2D eigenvalue weighted by atomic mass is 31.2. The van der Waals surface area contributed by atoms with Crippen LogP contribution in [0.2, 0.25) is 0 Å². The molecule has 0 spiro atoms. The minimum absolute atomic E-state index is 0.0614. The quantitative estimate of drug-likeness (QED) is 0.171. The summed E-state index contributed by atoms with van der Waals surface area (Å²) in [6.45, 7) is -1.42. The molecule has 3 fully saturated rings. The second-order valence-corrected chi connectivity index (χ2v) is 13.5. The van der Waals surface area contributed by atoms with Gasteiger partial charge in [0.1, 0.15) is 42.7 Å². The number of rotatable bonds is 2. The number of alkyl halides is 1. The van der Waals surface area contributed by atoms with Gasteiger partial charge in [0.2, 0.25) is 5.95 Å². The first-order valence-corrected chi connectivity index (χ1v) is 16.5. The molecule has 0 radical (unpaired) electrons. The zero-order valence-corrected chi connectivity index (χ0v) is 24.5. The standard InChI is InChI=1S/C21H25FN10O11P2/c22-12-10-3-39-44(34,35)7-38-8-1-11(31-5-27-13-16(23)25-4-26-17(13)31)41-9(8)2-40-45(36,37)43-15(12)20(42-10)32-6-28-14-18(32)29-21(24)30-19(14)33/h4-6,8-12,15,20H,1-3,7H2,(H,34,35)(H,36,37)(H2,23,25,26)(H3,24,29,30,33)/t8?,9-,10-,11-,12?,15?,20-/m1/s1. The third kappa shape index (κ3) is 5.63. The average molecular weight is 674 g/mol. The second kappa shape index (κ2) is 11.1. The predicted molar refractivity (Wildman–Crippen MR) is 146 cm³/mol. The van der Waals surface area contributed by atoms with Gasteiger partial charge in [0.15, 0.2) is 35.0 Å². The van der Waals surface area contributed by atoms with Crippen molar-refractivity contribution in [2.45, 2.75) is 49.5 Å². The van der Waals surface area contributed by atoms with E-state index in [0.717, 1.165) is 10.9 Å². The van der Waals surface area contributed by atoms with Gasteiger partial charge in [-0.25, -0.2) is 28.9 Å². The Kier molecular flexibility index (Phi) is 7.47. The molecule has 2 bridgehead atoms. The second-order valence-electron chi connectivity index (χ2n) is 10.3. The molecule has 21 nitrogen and oxygen atoms in total. The Morgan fingerprint density at radius 1 is 0.956 bits per heavy atom. The Balaban J connectivity index is 1.18. The van der Waals surface area contributed by atoms with Crippen molar-refractivity contribution >= 4 is 49.5 Å². The third-order valence-corrected chi connectivity index (χ3v) is 9.43.